The molecule has 0 aliphatic carbocycles. The number of amides is 2. The van der Waals surface area contributed by atoms with Crippen LogP contribution in [0.5, 0.6) is 0 Å². The third kappa shape index (κ3) is 2.46. The van der Waals surface area contributed by atoms with E-state index in [4.69, 9.17) is 11.6 Å². The number of hydrogen-bond acceptors (Lipinski definition) is 4. The van der Waals surface area contributed by atoms with Crippen molar-refractivity contribution in [2.45, 2.75) is 25.4 Å². The number of hydrazine groups is 1. The van der Waals surface area contributed by atoms with Crippen LogP contribution in [-0.4, -0.2) is 41.0 Å². The van der Waals surface area contributed by atoms with E-state index in [1.807, 2.05) is 55.5 Å². The molecule has 5 nitrogen and oxygen atoms in total. The molecule has 0 aromatic heterocycles. The fourth-order valence-electron chi connectivity index (χ4n) is 4.72. The zero-order valence-electron chi connectivity index (χ0n) is 15.0. The first-order chi connectivity index (χ1) is 13.1. The van der Waals surface area contributed by atoms with Crippen LogP contribution in [0.15, 0.2) is 48.5 Å². The smallest absolute Gasteiger partial charge is 0.253 e. The molecule has 27 heavy (non-hydrogen) atoms. The molecule has 0 spiro atoms. The Bertz CT molecular complexity index is 912. The average molecular weight is 382 g/mol. The van der Waals surface area contributed by atoms with Gasteiger partial charge in [0.05, 0.1) is 17.6 Å². The SMILES string of the molecule is Cc1ccc(N2C(=O)[C@@H]3[C@@H](C2=O)N2CCCN2[C@H]3c2ccc(Cl)cc2)cc1. The van der Waals surface area contributed by atoms with Crippen LogP contribution in [0.3, 0.4) is 0 Å². The summed E-state index contributed by atoms with van der Waals surface area (Å²) >= 11 is 6.06. The molecular formula is C21H20ClN3O2. The van der Waals surface area contributed by atoms with Crippen molar-refractivity contribution in [3.8, 4) is 0 Å². The molecule has 6 heteroatoms. The zero-order chi connectivity index (χ0) is 18.7. The average Bonchev–Trinajstić information content (AvgIpc) is 3.30. The molecule has 3 atom stereocenters. The lowest BCUT2D eigenvalue weighted by atomic mass is 9.90. The molecule has 0 unspecified atom stereocenters. The Morgan fingerprint density at radius 2 is 1.48 bits per heavy atom. The molecule has 3 aliphatic rings. The molecule has 0 saturated carbocycles. The highest BCUT2D eigenvalue weighted by Gasteiger charge is 2.62. The van der Waals surface area contributed by atoms with Crippen LogP contribution in [0, 0.1) is 12.8 Å². The molecule has 3 heterocycles. The van der Waals surface area contributed by atoms with Gasteiger partial charge in [-0.1, -0.05) is 41.4 Å². The molecular weight excluding hydrogens is 362 g/mol. The highest BCUT2D eigenvalue weighted by Crippen LogP contribution is 2.48. The van der Waals surface area contributed by atoms with E-state index in [9.17, 15) is 9.59 Å². The van der Waals surface area contributed by atoms with Crippen molar-refractivity contribution in [1.29, 1.82) is 0 Å². The largest absolute Gasteiger partial charge is 0.274 e. The number of carbonyl (C=O) groups excluding carboxylic acids is 2. The number of imide groups is 1. The summed E-state index contributed by atoms with van der Waals surface area (Å²) in [6.45, 7) is 3.67. The number of fused-ring (bicyclic) bond motifs is 3. The lowest BCUT2D eigenvalue weighted by Crippen LogP contribution is -2.44. The van der Waals surface area contributed by atoms with Crippen molar-refractivity contribution >= 4 is 29.1 Å². The maximum absolute atomic E-state index is 13.4. The summed E-state index contributed by atoms with van der Waals surface area (Å²) in [5, 5.41) is 4.99. The highest BCUT2D eigenvalue weighted by atomic mass is 35.5. The lowest BCUT2D eigenvalue weighted by Gasteiger charge is -2.29. The molecule has 3 fully saturated rings. The summed E-state index contributed by atoms with van der Waals surface area (Å²) in [6.07, 6.45) is 0.999. The summed E-state index contributed by atoms with van der Waals surface area (Å²) in [7, 11) is 0. The Kier molecular flexibility index (Phi) is 3.86. The van der Waals surface area contributed by atoms with Crippen molar-refractivity contribution in [1.82, 2.24) is 10.0 Å². The van der Waals surface area contributed by atoms with Crippen LogP contribution in [0.1, 0.15) is 23.6 Å². The van der Waals surface area contributed by atoms with Crippen LogP contribution in [0.2, 0.25) is 5.02 Å². The second-order valence-electron chi connectivity index (χ2n) is 7.49. The fraction of sp³-hybridized carbons (Fsp3) is 0.333. The minimum absolute atomic E-state index is 0.108. The molecule has 2 aromatic rings. The van der Waals surface area contributed by atoms with Crippen molar-refractivity contribution in [3.05, 3.63) is 64.7 Å². The van der Waals surface area contributed by atoms with Gasteiger partial charge in [-0.15, -0.1) is 0 Å². The Balaban J connectivity index is 1.57. The number of aryl methyl sites for hydroxylation is 1. The van der Waals surface area contributed by atoms with E-state index >= 15 is 0 Å². The van der Waals surface area contributed by atoms with Gasteiger partial charge in [0.15, 0.2) is 0 Å². The van der Waals surface area contributed by atoms with E-state index in [0.717, 1.165) is 30.6 Å². The summed E-state index contributed by atoms with van der Waals surface area (Å²) < 4.78 is 0. The normalized spacial score (nSPS) is 28.1. The van der Waals surface area contributed by atoms with Gasteiger partial charge >= 0.3 is 0 Å². The molecule has 0 N–H and O–H groups in total. The molecule has 2 amide bonds. The third-order valence-electron chi connectivity index (χ3n) is 5.91. The monoisotopic (exact) mass is 381 g/mol. The van der Waals surface area contributed by atoms with E-state index in [2.05, 4.69) is 10.0 Å². The van der Waals surface area contributed by atoms with Crippen molar-refractivity contribution in [2.24, 2.45) is 5.92 Å². The second-order valence-corrected chi connectivity index (χ2v) is 7.93. The minimum Gasteiger partial charge on any atom is -0.274 e. The van der Waals surface area contributed by atoms with E-state index < -0.39 is 6.04 Å². The Labute approximate surface area is 163 Å². The lowest BCUT2D eigenvalue weighted by molar-refractivity contribution is -0.126. The molecule has 0 bridgehead atoms. The highest BCUT2D eigenvalue weighted by molar-refractivity contribution is 6.30. The molecule has 5 rings (SSSR count). The van der Waals surface area contributed by atoms with E-state index in [1.54, 1.807) is 0 Å². The maximum Gasteiger partial charge on any atom is 0.253 e. The van der Waals surface area contributed by atoms with Gasteiger partial charge in [0.1, 0.15) is 6.04 Å². The van der Waals surface area contributed by atoms with Gasteiger partial charge in [-0.05, 0) is 43.2 Å². The number of rotatable bonds is 2. The zero-order valence-corrected chi connectivity index (χ0v) is 15.8. The third-order valence-corrected chi connectivity index (χ3v) is 6.16. The number of anilines is 1. The molecule has 2 aromatic carbocycles. The number of benzene rings is 2. The summed E-state index contributed by atoms with van der Waals surface area (Å²) in [4.78, 5) is 28.0. The first-order valence-corrected chi connectivity index (χ1v) is 9.67. The Hall–Kier alpha value is -2.21. The quantitative estimate of drug-likeness (QED) is 0.749. The summed E-state index contributed by atoms with van der Waals surface area (Å²) in [6, 6.07) is 14.7. The van der Waals surface area contributed by atoms with Crippen LogP contribution in [-0.2, 0) is 9.59 Å². The number of carbonyl (C=O) groups is 2. The van der Waals surface area contributed by atoms with Gasteiger partial charge in [-0.3, -0.25) is 9.59 Å². The van der Waals surface area contributed by atoms with Gasteiger partial charge in [-0.25, -0.2) is 14.9 Å². The standard InChI is InChI=1S/C21H20ClN3O2/c1-13-3-9-16(10-4-13)25-20(26)17-18(14-5-7-15(22)8-6-14)23-11-2-12-24(23)19(17)21(25)27/h3-10,17-19H,2,11-12H2,1H3/t17-,18-,19-/m0/s1. The van der Waals surface area contributed by atoms with Gasteiger partial charge in [-0.2, -0.15) is 0 Å². The minimum atomic E-state index is -0.415. The number of halogens is 1. The summed E-state index contributed by atoms with van der Waals surface area (Å²) in [5.41, 5.74) is 2.79. The van der Waals surface area contributed by atoms with Gasteiger partial charge < -0.3 is 0 Å². The molecule has 0 radical (unpaired) electrons. The van der Waals surface area contributed by atoms with Gasteiger partial charge in [0, 0.05) is 18.1 Å². The van der Waals surface area contributed by atoms with Crippen LogP contribution in [0.4, 0.5) is 5.69 Å². The molecule has 3 saturated heterocycles. The molecule has 3 aliphatic heterocycles. The fourth-order valence-corrected chi connectivity index (χ4v) is 4.85. The number of hydrogen-bond donors (Lipinski definition) is 0. The maximum atomic E-state index is 13.4. The van der Waals surface area contributed by atoms with Gasteiger partial charge in [0.25, 0.3) is 5.91 Å². The predicted molar refractivity (Wildman–Crippen MR) is 103 cm³/mol. The van der Waals surface area contributed by atoms with E-state index in [-0.39, 0.29) is 23.8 Å². The number of nitrogens with zero attached hydrogens (tertiary/aromatic N) is 3. The van der Waals surface area contributed by atoms with Crippen LogP contribution >= 0.6 is 11.6 Å². The Morgan fingerprint density at radius 3 is 2.15 bits per heavy atom. The van der Waals surface area contributed by atoms with E-state index in [1.165, 1.54) is 4.90 Å². The van der Waals surface area contributed by atoms with Crippen LogP contribution in [0.25, 0.3) is 0 Å². The topological polar surface area (TPSA) is 43.9 Å². The first kappa shape index (κ1) is 16.9. The van der Waals surface area contributed by atoms with Crippen molar-refractivity contribution < 1.29 is 9.59 Å². The second kappa shape index (κ2) is 6.16. The van der Waals surface area contributed by atoms with Crippen LogP contribution < -0.4 is 4.90 Å². The van der Waals surface area contributed by atoms with Crippen molar-refractivity contribution in [3.63, 3.8) is 0 Å². The first-order valence-electron chi connectivity index (χ1n) is 9.29. The Morgan fingerprint density at radius 1 is 0.852 bits per heavy atom. The van der Waals surface area contributed by atoms with E-state index in [0.29, 0.717) is 10.7 Å². The van der Waals surface area contributed by atoms with Crippen molar-refractivity contribution in [2.75, 3.05) is 18.0 Å². The summed E-state index contributed by atoms with van der Waals surface area (Å²) in [5.74, 6) is -0.610. The van der Waals surface area contributed by atoms with Gasteiger partial charge in [0.2, 0.25) is 5.91 Å². The molecule has 138 valence electrons. The predicted octanol–water partition coefficient (Wildman–Crippen LogP) is 3.18.